The van der Waals surface area contributed by atoms with Crippen LogP contribution in [0, 0.1) is 0 Å². The van der Waals surface area contributed by atoms with Crippen LogP contribution in [0.3, 0.4) is 0 Å². The number of carbonyl (C=O) groups is 1. The van der Waals surface area contributed by atoms with Crippen LogP contribution >= 0.6 is 0 Å². The molecule has 154 valence electrons. The molecule has 0 fully saturated rings. The third kappa shape index (κ3) is 4.89. The number of ether oxygens (including phenoxy) is 2. The molecule has 0 saturated heterocycles. The smallest absolute Gasteiger partial charge is 0.251 e. The van der Waals surface area contributed by atoms with Gasteiger partial charge >= 0.3 is 0 Å². The molecule has 1 unspecified atom stereocenters. The van der Waals surface area contributed by atoms with E-state index in [1.807, 2.05) is 67.6 Å². The average Bonchev–Trinajstić information content (AvgIpc) is 2.78. The highest BCUT2D eigenvalue weighted by Gasteiger charge is 2.32. The van der Waals surface area contributed by atoms with E-state index in [1.165, 1.54) is 0 Å². The molecule has 1 amide bonds. The van der Waals surface area contributed by atoms with E-state index >= 15 is 0 Å². The minimum Gasteiger partial charge on any atom is -0.491 e. The molecule has 0 radical (unpaired) electrons. The van der Waals surface area contributed by atoms with Crippen LogP contribution in [0.15, 0.2) is 72.9 Å². The molecule has 1 atom stereocenters. The van der Waals surface area contributed by atoms with E-state index in [-0.39, 0.29) is 5.91 Å². The number of anilines is 1. The van der Waals surface area contributed by atoms with Crippen molar-refractivity contribution in [3.8, 4) is 11.5 Å². The number of aromatic nitrogens is 1. The maximum Gasteiger partial charge on any atom is 0.251 e. The lowest BCUT2D eigenvalue weighted by atomic mass is 10.0. The quantitative estimate of drug-likeness (QED) is 0.629. The van der Waals surface area contributed by atoms with Crippen LogP contribution in [0.1, 0.15) is 23.0 Å². The Kier molecular flexibility index (Phi) is 5.84. The monoisotopic (exact) mass is 403 g/mol. The molecule has 6 heteroatoms. The standard InChI is InChI=1S/C24H25N3O3/c1-24(16-29-20-8-3-2-4-9-20)17-30-22-11-10-18(15-21(22)27-24)23(28)26-14-12-19-7-5-6-13-25-19/h2-11,13,15,27H,12,14,16-17H2,1H3,(H,26,28). The first-order chi connectivity index (χ1) is 14.6. The van der Waals surface area contributed by atoms with E-state index < -0.39 is 5.54 Å². The zero-order valence-electron chi connectivity index (χ0n) is 16.9. The molecule has 1 aliphatic rings. The van der Waals surface area contributed by atoms with Gasteiger partial charge in [0.05, 0.1) is 5.69 Å². The second kappa shape index (κ2) is 8.86. The van der Waals surface area contributed by atoms with Gasteiger partial charge in [-0.3, -0.25) is 9.78 Å². The average molecular weight is 403 g/mol. The summed E-state index contributed by atoms with van der Waals surface area (Å²) in [6.07, 6.45) is 2.44. The van der Waals surface area contributed by atoms with Gasteiger partial charge in [-0.25, -0.2) is 0 Å². The molecule has 4 rings (SSSR count). The molecular weight excluding hydrogens is 378 g/mol. The van der Waals surface area contributed by atoms with Gasteiger partial charge in [-0.05, 0) is 49.4 Å². The normalized spacial score (nSPS) is 17.2. The molecule has 6 nitrogen and oxygen atoms in total. The summed E-state index contributed by atoms with van der Waals surface area (Å²) < 4.78 is 11.8. The van der Waals surface area contributed by atoms with E-state index in [2.05, 4.69) is 15.6 Å². The van der Waals surface area contributed by atoms with Gasteiger partial charge in [-0.15, -0.1) is 0 Å². The number of nitrogens with zero attached hydrogens (tertiary/aromatic N) is 1. The third-order valence-corrected chi connectivity index (χ3v) is 4.92. The summed E-state index contributed by atoms with van der Waals surface area (Å²) in [5.74, 6) is 1.42. The maximum atomic E-state index is 12.6. The van der Waals surface area contributed by atoms with Crippen molar-refractivity contribution in [3.05, 3.63) is 84.2 Å². The van der Waals surface area contributed by atoms with Crippen molar-refractivity contribution >= 4 is 11.6 Å². The van der Waals surface area contributed by atoms with Gasteiger partial charge in [0.1, 0.15) is 30.3 Å². The van der Waals surface area contributed by atoms with Crippen LogP contribution < -0.4 is 20.1 Å². The van der Waals surface area contributed by atoms with Gasteiger partial charge < -0.3 is 20.1 Å². The van der Waals surface area contributed by atoms with Crippen molar-refractivity contribution in [2.45, 2.75) is 18.9 Å². The van der Waals surface area contributed by atoms with Crippen molar-refractivity contribution in [2.24, 2.45) is 0 Å². The summed E-state index contributed by atoms with van der Waals surface area (Å²) in [4.78, 5) is 16.8. The Morgan fingerprint density at radius 3 is 2.80 bits per heavy atom. The van der Waals surface area contributed by atoms with Gasteiger partial charge in [-0.1, -0.05) is 24.3 Å². The number of pyridine rings is 1. The first-order valence-electron chi connectivity index (χ1n) is 10.0. The number of rotatable bonds is 7. The summed E-state index contributed by atoms with van der Waals surface area (Å²) in [6, 6.07) is 20.9. The molecule has 2 aromatic carbocycles. The van der Waals surface area contributed by atoms with Crippen LogP contribution in [0.2, 0.25) is 0 Å². The number of hydrogen-bond donors (Lipinski definition) is 2. The van der Waals surface area contributed by atoms with Crippen molar-refractivity contribution in [2.75, 3.05) is 25.1 Å². The summed E-state index contributed by atoms with van der Waals surface area (Å²) >= 11 is 0. The highest BCUT2D eigenvalue weighted by Crippen LogP contribution is 2.33. The van der Waals surface area contributed by atoms with Crippen LogP contribution in [0.5, 0.6) is 11.5 Å². The van der Waals surface area contributed by atoms with Crippen molar-refractivity contribution in [1.29, 1.82) is 0 Å². The van der Waals surface area contributed by atoms with Crippen LogP contribution in [-0.4, -0.2) is 36.2 Å². The molecule has 1 aliphatic heterocycles. The van der Waals surface area contributed by atoms with Gasteiger partial charge in [0, 0.05) is 30.4 Å². The lowest BCUT2D eigenvalue weighted by Gasteiger charge is -2.36. The first-order valence-corrected chi connectivity index (χ1v) is 10.0. The number of para-hydroxylation sites is 1. The van der Waals surface area contributed by atoms with E-state index in [0.29, 0.717) is 31.7 Å². The predicted molar refractivity (Wildman–Crippen MR) is 116 cm³/mol. The Morgan fingerprint density at radius 1 is 1.17 bits per heavy atom. The van der Waals surface area contributed by atoms with Crippen molar-refractivity contribution in [3.63, 3.8) is 0 Å². The molecule has 1 aromatic heterocycles. The summed E-state index contributed by atoms with van der Waals surface area (Å²) in [5.41, 5.74) is 1.92. The Bertz CT molecular complexity index is 995. The summed E-state index contributed by atoms with van der Waals surface area (Å²) in [6.45, 7) is 3.48. The Hall–Kier alpha value is -3.54. The molecule has 3 aromatic rings. The molecular formula is C24H25N3O3. The minimum absolute atomic E-state index is 0.122. The first kappa shape index (κ1) is 19.8. The molecule has 0 bridgehead atoms. The largest absolute Gasteiger partial charge is 0.491 e. The Morgan fingerprint density at radius 2 is 2.00 bits per heavy atom. The lowest BCUT2D eigenvalue weighted by molar-refractivity contribution is 0.0954. The number of nitrogens with one attached hydrogen (secondary N) is 2. The van der Waals surface area contributed by atoms with E-state index in [9.17, 15) is 4.79 Å². The second-order valence-corrected chi connectivity index (χ2v) is 7.61. The topological polar surface area (TPSA) is 72.5 Å². The highest BCUT2D eigenvalue weighted by atomic mass is 16.5. The maximum absolute atomic E-state index is 12.6. The molecule has 2 N–H and O–H groups in total. The fourth-order valence-electron chi connectivity index (χ4n) is 3.28. The van der Waals surface area contributed by atoms with E-state index in [4.69, 9.17) is 9.47 Å². The predicted octanol–water partition coefficient (Wildman–Crippen LogP) is 3.70. The zero-order valence-corrected chi connectivity index (χ0v) is 16.9. The van der Waals surface area contributed by atoms with Gasteiger partial charge in [0.25, 0.3) is 5.91 Å². The zero-order chi connectivity index (χ0) is 20.8. The lowest BCUT2D eigenvalue weighted by Crippen LogP contribution is -2.48. The van der Waals surface area contributed by atoms with Crippen LogP contribution in [-0.2, 0) is 6.42 Å². The highest BCUT2D eigenvalue weighted by molar-refractivity contribution is 5.95. The van der Waals surface area contributed by atoms with Crippen LogP contribution in [0.4, 0.5) is 5.69 Å². The van der Waals surface area contributed by atoms with E-state index in [1.54, 1.807) is 12.3 Å². The summed E-state index contributed by atoms with van der Waals surface area (Å²) in [5, 5.41) is 6.43. The fraction of sp³-hybridized carbons (Fsp3) is 0.250. The molecule has 2 heterocycles. The minimum atomic E-state index is -0.406. The van der Waals surface area contributed by atoms with Gasteiger partial charge in [-0.2, -0.15) is 0 Å². The number of carbonyl (C=O) groups excluding carboxylic acids is 1. The second-order valence-electron chi connectivity index (χ2n) is 7.61. The van der Waals surface area contributed by atoms with Gasteiger partial charge in [0.15, 0.2) is 0 Å². The molecule has 30 heavy (non-hydrogen) atoms. The molecule has 0 saturated carbocycles. The van der Waals surface area contributed by atoms with Crippen molar-refractivity contribution in [1.82, 2.24) is 10.3 Å². The van der Waals surface area contributed by atoms with Gasteiger partial charge in [0.2, 0.25) is 0 Å². The fourth-order valence-corrected chi connectivity index (χ4v) is 3.28. The molecule has 0 spiro atoms. The SMILES string of the molecule is CC1(COc2ccccc2)COc2ccc(C(=O)NCCc3ccccn3)cc2N1. The Balaban J connectivity index is 1.36. The van der Waals surface area contributed by atoms with Crippen molar-refractivity contribution < 1.29 is 14.3 Å². The molecule has 0 aliphatic carbocycles. The van der Waals surface area contributed by atoms with E-state index in [0.717, 1.165) is 22.9 Å². The van der Waals surface area contributed by atoms with Crippen LogP contribution in [0.25, 0.3) is 0 Å². The number of fused-ring (bicyclic) bond motifs is 1. The summed E-state index contributed by atoms with van der Waals surface area (Å²) in [7, 11) is 0. The third-order valence-electron chi connectivity index (χ3n) is 4.92. The number of hydrogen-bond acceptors (Lipinski definition) is 5. The number of amides is 1. The Labute approximate surface area is 176 Å². The number of benzene rings is 2.